The Hall–Kier alpha value is -4.27. The third kappa shape index (κ3) is 4.09. The molecule has 1 spiro atoms. The summed E-state index contributed by atoms with van der Waals surface area (Å²) in [6, 6.07) is 6.15. The minimum absolute atomic E-state index is 0.00507. The minimum Gasteiger partial charge on any atom is -0.472 e. The molecular formula is C23H23N7O5. The number of aromatic nitrogens is 3. The van der Waals surface area contributed by atoms with E-state index in [9.17, 15) is 24.4 Å². The van der Waals surface area contributed by atoms with Crippen LogP contribution in [0.5, 0.6) is 5.75 Å². The van der Waals surface area contributed by atoms with E-state index >= 15 is 0 Å². The summed E-state index contributed by atoms with van der Waals surface area (Å²) >= 11 is 0. The van der Waals surface area contributed by atoms with Crippen molar-refractivity contribution in [2.75, 3.05) is 18.9 Å². The fourth-order valence-corrected chi connectivity index (χ4v) is 4.57. The lowest BCUT2D eigenvalue weighted by molar-refractivity contribution is -0.138. The molecule has 0 bridgehead atoms. The summed E-state index contributed by atoms with van der Waals surface area (Å²) in [7, 11) is 1.50. The molecule has 2 aromatic rings. The second kappa shape index (κ2) is 8.50. The van der Waals surface area contributed by atoms with E-state index in [2.05, 4.69) is 26.6 Å². The number of amides is 3. The Morgan fingerprint density at radius 1 is 1.34 bits per heavy atom. The van der Waals surface area contributed by atoms with Gasteiger partial charge in [-0.05, 0) is 30.5 Å². The molecule has 3 amide bonds. The van der Waals surface area contributed by atoms with Crippen LogP contribution in [0.1, 0.15) is 36.2 Å². The molecule has 1 saturated carbocycles. The van der Waals surface area contributed by atoms with Crippen molar-refractivity contribution in [1.82, 2.24) is 25.0 Å². The Morgan fingerprint density at radius 2 is 2.14 bits per heavy atom. The van der Waals surface area contributed by atoms with Crippen molar-refractivity contribution in [1.29, 1.82) is 5.26 Å². The lowest BCUT2D eigenvalue weighted by Gasteiger charge is -2.34. The van der Waals surface area contributed by atoms with Crippen LogP contribution in [-0.4, -0.2) is 74.0 Å². The second-order valence-electron chi connectivity index (χ2n) is 9.13. The van der Waals surface area contributed by atoms with Crippen molar-refractivity contribution in [3.8, 4) is 11.8 Å². The number of nitriles is 1. The number of carbonyl (C=O) groups excluding carboxylic acids is 3. The van der Waals surface area contributed by atoms with Crippen molar-refractivity contribution in [3.05, 3.63) is 46.5 Å². The van der Waals surface area contributed by atoms with Crippen molar-refractivity contribution in [3.63, 3.8) is 0 Å². The van der Waals surface area contributed by atoms with Gasteiger partial charge in [0, 0.05) is 25.7 Å². The number of nitrogens with one attached hydrogen (secondary N) is 2. The molecule has 2 aromatic heterocycles. The Kier molecular flexibility index (Phi) is 5.47. The molecule has 2 N–H and O–H groups in total. The van der Waals surface area contributed by atoms with Crippen molar-refractivity contribution in [2.45, 2.75) is 43.4 Å². The van der Waals surface area contributed by atoms with Crippen LogP contribution in [0.4, 0.5) is 5.82 Å². The maximum Gasteiger partial charge on any atom is 0.274 e. The molecule has 3 aliphatic rings. The monoisotopic (exact) mass is 477 g/mol. The van der Waals surface area contributed by atoms with Crippen LogP contribution in [-0.2, 0) is 9.59 Å². The fraction of sp³-hybridized carbons (Fsp3) is 0.435. The number of H-pyrrole nitrogens is 1. The maximum absolute atomic E-state index is 13.8. The number of anilines is 1. The smallest absolute Gasteiger partial charge is 0.274 e. The summed E-state index contributed by atoms with van der Waals surface area (Å²) in [5.41, 5.74) is -1.88. The average Bonchev–Trinajstić information content (AvgIpc) is 3.61. The van der Waals surface area contributed by atoms with Gasteiger partial charge in [-0.1, -0.05) is 12.8 Å². The summed E-state index contributed by atoms with van der Waals surface area (Å²) < 4.78 is 6.02. The van der Waals surface area contributed by atoms with Crippen molar-refractivity contribution in [2.24, 2.45) is 5.92 Å². The number of nitrogens with zero attached hydrogens (tertiary/aromatic N) is 5. The van der Waals surface area contributed by atoms with Crippen LogP contribution in [0.2, 0.25) is 0 Å². The summed E-state index contributed by atoms with van der Waals surface area (Å²) in [5, 5.41) is 18.6. The topological polar surface area (TPSA) is 161 Å². The van der Waals surface area contributed by atoms with Gasteiger partial charge in [-0.15, -0.1) is 0 Å². The van der Waals surface area contributed by atoms with Crippen LogP contribution >= 0.6 is 0 Å². The van der Waals surface area contributed by atoms with Crippen LogP contribution in [0.25, 0.3) is 0 Å². The van der Waals surface area contributed by atoms with Crippen LogP contribution < -0.4 is 15.6 Å². The van der Waals surface area contributed by atoms with E-state index in [4.69, 9.17) is 4.74 Å². The number of fused-ring (bicyclic) bond motifs is 1. The van der Waals surface area contributed by atoms with Gasteiger partial charge in [-0.25, -0.2) is 10.1 Å². The molecule has 1 saturated heterocycles. The van der Waals surface area contributed by atoms with Gasteiger partial charge in [-0.2, -0.15) is 10.4 Å². The molecule has 12 nitrogen and oxygen atoms in total. The molecule has 180 valence electrons. The molecule has 2 aliphatic heterocycles. The van der Waals surface area contributed by atoms with Gasteiger partial charge in [0.05, 0.1) is 12.6 Å². The van der Waals surface area contributed by atoms with Crippen LogP contribution in [0, 0.1) is 17.2 Å². The first-order valence-corrected chi connectivity index (χ1v) is 11.3. The highest BCUT2D eigenvalue weighted by Crippen LogP contribution is 2.40. The summed E-state index contributed by atoms with van der Waals surface area (Å²) in [5.74, 6) is -0.508. The zero-order valence-electron chi connectivity index (χ0n) is 18.9. The molecule has 12 heteroatoms. The Balaban J connectivity index is 1.41. The minimum atomic E-state index is -1.43. The molecule has 0 aromatic carbocycles. The van der Waals surface area contributed by atoms with Gasteiger partial charge >= 0.3 is 0 Å². The lowest BCUT2D eigenvalue weighted by Crippen LogP contribution is -2.55. The molecule has 3 unspecified atom stereocenters. The molecule has 4 heterocycles. The number of ether oxygens (including phenoxy) is 1. The number of hydrogen-bond acceptors (Lipinski definition) is 8. The highest BCUT2D eigenvalue weighted by atomic mass is 16.5. The van der Waals surface area contributed by atoms with E-state index in [0.29, 0.717) is 12.2 Å². The zero-order chi connectivity index (χ0) is 24.7. The number of rotatable bonds is 5. The van der Waals surface area contributed by atoms with Gasteiger partial charge in [-0.3, -0.25) is 19.2 Å². The van der Waals surface area contributed by atoms with E-state index in [1.54, 1.807) is 12.1 Å². The van der Waals surface area contributed by atoms with Gasteiger partial charge in [0.1, 0.15) is 17.8 Å². The van der Waals surface area contributed by atoms with Gasteiger partial charge in [0.2, 0.25) is 11.5 Å². The largest absolute Gasteiger partial charge is 0.472 e. The number of hydrogen-bond donors (Lipinski definition) is 2. The summed E-state index contributed by atoms with van der Waals surface area (Å²) in [6.07, 6.45) is 3.83. The Morgan fingerprint density at radius 3 is 2.83 bits per heavy atom. The third-order valence-corrected chi connectivity index (χ3v) is 6.70. The number of likely N-dealkylation sites (N-methyl/N-ethyl adjacent to an activating group) is 1. The van der Waals surface area contributed by atoms with Crippen LogP contribution in [0.3, 0.4) is 0 Å². The number of likely N-dealkylation sites (tertiary alicyclic amines) is 1. The molecule has 1 aliphatic carbocycles. The first kappa shape index (κ1) is 22.5. The quantitative estimate of drug-likeness (QED) is 0.621. The van der Waals surface area contributed by atoms with E-state index in [0.717, 1.165) is 12.8 Å². The normalized spacial score (nSPS) is 23.6. The molecule has 5 rings (SSSR count). The standard InChI is InChI=1S/C23H23N7O5/c1-29(20(32)15-6-7-18(31)28-27-15)16(9-13-4-5-13)21(33)30-12-23(10-14(30)11-24)22(34)26-19-17(35-23)3-2-8-25-19/h2-3,6-8,13-14,16H,4-5,9-10,12H2,1H3,(H,28,31)(H,25,26,34). The van der Waals surface area contributed by atoms with Gasteiger partial charge < -0.3 is 19.9 Å². The highest BCUT2D eigenvalue weighted by molar-refractivity contribution is 6.01. The van der Waals surface area contributed by atoms with E-state index in [1.165, 1.54) is 35.2 Å². The first-order valence-electron chi connectivity index (χ1n) is 11.3. The maximum atomic E-state index is 13.8. The molecule has 0 radical (unpaired) electrons. The molecular weight excluding hydrogens is 454 g/mol. The second-order valence-corrected chi connectivity index (χ2v) is 9.13. The molecule has 2 fully saturated rings. The van der Waals surface area contributed by atoms with Crippen molar-refractivity contribution >= 4 is 23.5 Å². The fourth-order valence-electron chi connectivity index (χ4n) is 4.57. The highest BCUT2D eigenvalue weighted by Gasteiger charge is 2.56. The number of aromatic amines is 1. The molecule has 35 heavy (non-hydrogen) atoms. The first-order chi connectivity index (χ1) is 16.8. The Labute approximate surface area is 199 Å². The summed E-state index contributed by atoms with van der Waals surface area (Å²) in [6.45, 7) is -0.135. The predicted molar refractivity (Wildman–Crippen MR) is 120 cm³/mol. The number of carbonyl (C=O) groups is 3. The van der Waals surface area contributed by atoms with E-state index in [-0.39, 0.29) is 30.4 Å². The SMILES string of the molecule is CN(C(=O)c1ccc(=O)[nH]n1)C(CC1CC1)C(=O)N1CC2(CC1C#N)Oc1cccnc1NC2=O. The predicted octanol–water partition coefficient (Wildman–Crippen LogP) is 0.300. The van der Waals surface area contributed by atoms with E-state index < -0.39 is 41.0 Å². The number of pyridine rings is 1. The van der Waals surface area contributed by atoms with E-state index in [1.807, 2.05) is 0 Å². The lowest BCUT2D eigenvalue weighted by atomic mass is 9.97. The third-order valence-electron chi connectivity index (χ3n) is 6.70. The van der Waals surface area contributed by atoms with Crippen LogP contribution in [0.15, 0.2) is 35.3 Å². The Bertz CT molecular complexity index is 1280. The van der Waals surface area contributed by atoms with Gasteiger partial charge in [0.15, 0.2) is 11.6 Å². The summed E-state index contributed by atoms with van der Waals surface area (Å²) in [4.78, 5) is 57.9. The average molecular weight is 477 g/mol. The van der Waals surface area contributed by atoms with Crippen molar-refractivity contribution < 1.29 is 19.1 Å². The van der Waals surface area contributed by atoms with Gasteiger partial charge in [0.25, 0.3) is 17.4 Å². The molecule has 3 atom stereocenters. The zero-order valence-corrected chi connectivity index (χ0v) is 18.9.